The lowest BCUT2D eigenvalue weighted by Crippen LogP contribution is -2.24. The monoisotopic (exact) mass is 454 g/mol. The third-order valence-electron chi connectivity index (χ3n) is 5.73. The molecule has 0 bridgehead atoms. The quantitative estimate of drug-likeness (QED) is 0.459. The van der Waals surface area contributed by atoms with Crippen LogP contribution in [0, 0.1) is 25.2 Å². The molecule has 0 spiro atoms. The number of para-hydroxylation sites is 1. The highest BCUT2D eigenvalue weighted by Crippen LogP contribution is 2.32. The first-order valence-electron chi connectivity index (χ1n) is 10.5. The number of aromatic hydroxyl groups is 1. The van der Waals surface area contributed by atoms with E-state index in [0.717, 1.165) is 10.1 Å². The highest BCUT2D eigenvalue weighted by molar-refractivity contribution is 5.59. The maximum Gasteiger partial charge on any atom is 0.299 e. The molecule has 4 aromatic rings. The summed E-state index contributed by atoms with van der Waals surface area (Å²) in [6, 6.07) is 20.1. The van der Waals surface area contributed by atoms with E-state index in [4.69, 9.17) is 0 Å². The van der Waals surface area contributed by atoms with Crippen LogP contribution in [0.2, 0.25) is 0 Å². The van der Waals surface area contributed by atoms with E-state index in [0.29, 0.717) is 11.4 Å². The molecule has 0 saturated carbocycles. The van der Waals surface area contributed by atoms with Crippen molar-refractivity contribution in [2.24, 2.45) is 17.3 Å². The van der Waals surface area contributed by atoms with E-state index in [2.05, 4.69) is 10.2 Å². The summed E-state index contributed by atoms with van der Waals surface area (Å²) in [7, 11) is 1.74. The molecule has 0 radical (unpaired) electrons. The Labute approximate surface area is 195 Å². The molecule has 0 unspecified atom stereocenters. The van der Waals surface area contributed by atoms with Crippen LogP contribution < -0.4 is 11.1 Å². The molecule has 0 aliphatic carbocycles. The Morgan fingerprint density at radius 1 is 0.912 bits per heavy atom. The second-order valence-electron chi connectivity index (χ2n) is 7.77. The zero-order chi connectivity index (χ0) is 24.4. The Balaban J connectivity index is 1.85. The van der Waals surface area contributed by atoms with Gasteiger partial charge >= 0.3 is 0 Å². The summed E-state index contributed by atoms with van der Waals surface area (Å²) in [4.78, 5) is 25.9. The fraction of sp³-hybridized carbons (Fsp3) is 0.160. The van der Waals surface area contributed by atoms with Crippen molar-refractivity contribution >= 4 is 11.4 Å². The minimum atomic E-state index is -0.623. The van der Waals surface area contributed by atoms with Gasteiger partial charge in [-0.15, -0.1) is 10.2 Å². The molecule has 34 heavy (non-hydrogen) atoms. The molecule has 2 aromatic heterocycles. The lowest BCUT2D eigenvalue weighted by Gasteiger charge is -2.13. The Morgan fingerprint density at radius 3 is 2.12 bits per heavy atom. The number of benzene rings is 2. The summed E-state index contributed by atoms with van der Waals surface area (Å²) < 4.78 is 4.21. The summed E-state index contributed by atoms with van der Waals surface area (Å²) in [6.45, 7) is 3.30. The van der Waals surface area contributed by atoms with E-state index >= 15 is 0 Å². The van der Waals surface area contributed by atoms with Crippen molar-refractivity contribution in [1.29, 1.82) is 5.26 Å². The van der Waals surface area contributed by atoms with Crippen molar-refractivity contribution in [3.05, 3.63) is 104 Å². The van der Waals surface area contributed by atoms with Crippen molar-refractivity contribution in [3.63, 3.8) is 0 Å². The average molecular weight is 454 g/mol. The van der Waals surface area contributed by atoms with E-state index < -0.39 is 11.4 Å². The van der Waals surface area contributed by atoms with Gasteiger partial charge < -0.3 is 5.11 Å². The van der Waals surface area contributed by atoms with Gasteiger partial charge in [0.1, 0.15) is 11.6 Å². The van der Waals surface area contributed by atoms with Gasteiger partial charge in [0.2, 0.25) is 5.88 Å². The molecule has 0 aliphatic heterocycles. The van der Waals surface area contributed by atoms with Crippen LogP contribution in [0.1, 0.15) is 22.4 Å². The molecule has 9 heteroatoms. The minimum absolute atomic E-state index is 0.0407. The predicted octanol–water partition coefficient (Wildman–Crippen LogP) is 4.00. The molecule has 2 heterocycles. The van der Waals surface area contributed by atoms with Crippen LogP contribution >= 0.6 is 0 Å². The van der Waals surface area contributed by atoms with Gasteiger partial charge in [-0.1, -0.05) is 48.5 Å². The minimum Gasteiger partial charge on any atom is -0.493 e. The van der Waals surface area contributed by atoms with Crippen LogP contribution in [-0.4, -0.2) is 19.0 Å². The zero-order valence-corrected chi connectivity index (χ0v) is 18.9. The van der Waals surface area contributed by atoms with Crippen molar-refractivity contribution in [1.82, 2.24) is 13.9 Å². The lowest BCUT2D eigenvalue weighted by molar-refractivity contribution is 0.415. The molecule has 9 nitrogen and oxygen atoms in total. The van der Waals surface area contributed by atoms with Crippen LogP contribution in [0.25, 0.3) is 5.69 Å². The number of hydrogen-bond donors (Lipinski definition) is 1. The van der Waals surface area contributed by atoms with Gasteiger partial charge in [-0.2, -0.15) is 5.26 Å². The van der Waals surface area contributed by atoms with Gasteiger partial charge in [0.15, 0.2) is 11.4 Å². The van der Waals surface area contributed by atoms with E-state index in [1.54, 1.807) is 42.9 Å². The molecule has 0 aliphatic rings. The molecule has 0 fully saturated rings. The summed E-state index contributed by atoms with van der Waals surface area (Å²) >= 11 is 0. The fourth-order valence-corrected chi connectivity index (χ4v) is 3.74. The van der Waals surface area contributed by atoms with E-state index in [1.807, 2.05) is 42.5 Å². The van der Waals surface area contributed by atoms with Crippen molar-refractivity contribution in [2.75, 3.05) is 0 Å². The number of nitrogens with zero attached hydrogens (tertiary/aromatic N) is 6. The Morgan fingerprint density at radius 2 is 1.50 bits per heavy atom. The SMILES string of the molecule is Cc1c(/N=N/c2c(C)n(C)n(-c3ccccc3)c2=O)c(O)n(Cc2ccccc2)c(=O)c1C#N. The number of azo groups is 1. The molecule has 0 saturated heterocycles. The van der Waals surface area contributed by atoms with Crippen LogP contribution in [0.4, 0.5) is 11.4 Å². The number of pyridine rings is 1. The molecule has 4 rings (SSSR count). The standard InChI is InChI=1S/C25H22N6O3/c1-16-20(14-26)23(32)30(15-18-10-6-4-7-11-18)24(33)21(16)27-28-22-17(2)29(3)31(25(22)34)19-12-8-5-9-13-19/h4-13,33H,15H2,1-3H3/b28-27+. The van der Waals surface area contributed by atoms with Gasteiger partial charge in [-0.3, -0.25) is 18.8 Å². The first kappa shape index (κ1) is 22.5. The molecule has 0 atom stereocenters. The van der Waals surface area contributed by atoms with Gasteiger partial charge in [-0.25, -0.2) is 4.68 Å². The lowest BCUT2D eigenvalue weighted by atomic mass is 10.1. The summed E-state index contributed by atoms with van der Waals surface area (Å²) in [5.74, 6) is -0.425. The number of aromatic nitrogens is 3. The molecule has 2 aromatic carbocycles. The highest BCUT2D eigenvalue weighted by atomic mass is 16.3. The third kappa shape index (κ3) is 3.82. The van der Waals surface area contributed by atoms with Crippen LogP contribution in [0.3, 0.4) is 0 Å². The normalized spacial score (nSPS) is 11.1. The fourth-order valence-electron chi connectivity index (χ4n) is 3.74. The van der Waals surface area contributed by atoms with Gasteiger partial charge in [0.25, 0.3) is 11.1 Å². The number of nitriles is 1. The van der Waals surface area contributed by atoms with Crippen molar-refractivity contribution < 1.29 is 5.11 Å². The van der Waals surface area contributed by atoms with E-state index in [9.17, 15) is 20.0 Å². The summed E-state index contributed by atoms with van der Waals surface area (Å²) in [5.41, 5.74) is 1.08. The van der Waals surface area contributed by atoms with Gasteiger partial charge in [0, 0.05) is 12.6 Å². The van der Waals surface area contributed by atoms with Crippen LogP contribution in [0.15, 0.2) is 80.5 Å². The van der Waals surface area contributed by atoms with E-state index in [1.165, 1.54) is 11.6 Å². The topological polar surface area (TPSA) is 118 Å². The smallest absolute Gasteiger partial charge is 0.299 e. The van der Waals surface area contributed by atoms with Gasteiger partial charge in [0.05, 0.1) is 17.9 Å². The van der Waals surface area contributed by atoms with Crippen molar-refractivity contribution in [2.45, 2.75) is 20.4 Å². The first-order valence-corrected chi connectivity index (χ1v) is 10.5. The van der Waals surface area contributed by atoms with Crippen LogP contribution in [-0.2, 0) is 13.6 Å². The van der Waals surface area contributed by atoms with Gasteiger partial charge in [-0.05, 0) is 31.5 Å². The average Bonchev–Trinajstić information content (AvgIpc) is 3.06. The largest absolute Gasteiger partial charge is 0.493 e. The number of hydrogen-bond acceptors (Lipinski definition) is 6. The third-order valence-corrected chi connectivity index (χ3v) is 5.73. The number of rotatable bonds is 5. The molecule has 1 N–H and O–H groups in total. The Hall–Kier alpha value is -4.71. The Bertz CT molecular complexity index is 1560. The summed E-state index contributed by atoms with van der Waals surface area (Å²) in [5, 5.41) is 28.7. The second kappa shape index (κ2) is 9.03. The zero-order valence-electron chi connectivity index (χ0n) is 18.9. The second-order valence-corrected chi connectivity index (χ2v) is 7.77. The molecular weight excluding hydrogens is 432 g/mol. The molecular formula is C25H22N6O3. The maximum absolute atomic E-state index is 13.1. The maximum atomic E-state index is 13.1. The molecule has 0 amide bonds. The Kier molecular flexibility index (Phi) is 5.97. The highest BCUT2D eigenvalue weighted by Gasteiger charge is 2.21. The predicted molar refractivity (Wildman–Crippen MR) is 127 cm³/mol. The van der Waals surface area contributed by atoms with Crippen LogP contribution in [0.5, 0.6) is 5.88 Å². The van der Waals surface area contributed by atoms with Crippen molar-refractivity contribution in [3.8, 4) is 17.6 Å². The van der Waals surface area contributed by atoms with E-state index in [-0.39, 0.29) is 34.6 Å². The first-order chi connectivity index (χ1) is 16.3. The molecule has 170 valence electrons. The summed E-state index contributed by atoms with van der Waals surface area (Å²) in [6.07, 6.45) is 0.